The van der Waals surface area contributed by atoms with Gasteiger partial charge in [-0.1, -0.05) is 212 Å². The van der Waals surface area contributed by atoms with Gasteiger partial charge in [-0.25, -0.2) is 0 Å². The van der Waals surface area contributed by atoms with Crippen molar-refractivity contribution in [1.82, 2.24) is 0 Å². The summed E-state index contributed by atoms with van der Waals surface area (Å²) in [6, 6.07) is 0. The number of allylic oxidation sites excluding steroid dienone is 4. The van der Waals surface area contributed by atoms with Crippen LogP contribution >= 0.6 is 7.82 Å². The van der Waals surface area contributed by atoms with E-state index in [0.717, 1.165) is 38.5 Å². The Hall–Kier alpha value is -1.02. The lowest BCUT2D eigenvalue weighted by Gasteiger charge is -2.28. The molecule has 0 aromatic heterocycles. The maximum absolute atomic E-state index is 12.7. The van der Waals surface area contributed by atoms with Crippen LogP contribution in [0, 0.1) is 0 Å². The predicted octanol–water partition coefficient (Wildman–Crippen LogP) is 14.9. The van der Waals surface area contributed by atoms with E-state index in [9.17, 15) is 14.3 Å². The second-order valence-corrected chi connectivity index (χ2v) is 19.9. The summed E-state index contributed by atoms with van der Waals surface area (Å²) < 4.78 is 34.7. The second-order valence-electron chi connectivity index (χ2n) is 18.5. The SMILES string of the molecule is CCCCCCC/C=C\C/C=C\CCCCCCCCCCCCCC(=O)OC(COCCCCCCCCCCCCCCCCC)COP(=O)([O-])OCC[N+](C)(C)C. The van der Waals surface area contributed by atoms with Gasteiger partial charge in [0, 0.05) is 13.0 Å². The number of hydrogen-bond donors (Lipinski definition) is 0. The first-order valence-corrected chi connectivity index (χ1v) is 27.0. The normalized spacial score (nSPS) is 13.8. The van der Waals surface area contributed by atoms with Crippen molar-refractivity contribution in [2.24, 2.45) is 0 Å². The molecule has 0 aromatic carbocycles. The fraction of sp³-hybridized carbons (Fsp3) is 0.902. The molecule has 0 N–H and O–H groups in total. The van der Waals surface area contributed by atoms with Crippen LogP contribution in [-0.4, -0.2) is 70.7 Å². The summed E-state index contributed by atoms with van der Waals surface area (Å²) in [6.45, 7) is 5.45. The fourth-order valence-electron chi connectivity index (χ4n) is 7.28. The molecule has 0 saturated carbocycles. The Kier molecular flexibility index (Phi) is 43.8. The molecular formula is C51H100NO7P. The second kappa shape index (κ2) is 44.6. The number of carbonyl (C=O) groups excluding carboxylic acids is 1. The lowest BCUT2D eigenvalue weighted by atomic mass is 10.0. The van der Waals surface area contributed by atoms with Gasteiger partial charge in [-0.2, -0.15) is 0 Å². The number of likely N-dealkylation sites (N-methyl/N-ethyl adjacent to an activating group) is 1. The van der Waals surface area contributed by atoms with E-state index in [4.69, 9.17) is 18.5 Å². The first-order chi connectivity index (χ1) is 29.1. The predicted molar refractivity (Wildman–Crippen MR) is 254 cm³/mol. The summed E-state index contributed by atoms with van der Waals surface area (Å²) in [5.41, 5.74) is 0. The van der Waals surface area contributed by atoms with Crippen molar-refractivity contribution in [3.8, 4) is 0 Å². The molecular weight excluding hydrogens is 770 g/mol. The van der Waals surface area contributed by atoms with Crippen molar-refractivity contribution in [2.45, 2.75) is 245 Å². The monoisotopic (exact) mass is 870 g/mol. The quantitative estimate of drug-likeness (QED) is 0.0198. The third kappa shape index (κ3) is 48.0. The van der Waals surface area contributed by atoms with E-state index >= 15 is 0 Å². The fourth-order valence-corrected chi connectivity index (χ4v) is 8.01. The van der Waals surface area contributed by atoms with Crippen LogP contribution in [-0.2, 0) is 27.9 Å². The molecule has 8 nitrogen and oxygen atoms in total. The van der Waals surface area contributed by atoms with E-state index < -0.39 is 13.9 Å². The van der Waals surface area contributed by atoms with Gasteiger partial charge >= 0.3 is 5.97 Å². The summed E-state index contributed by atoms with van der Waals surface area (Å²) in [6.07, 6.45) is 51.9. The largest absolute Gasteiger partial charge is 0.756 e. The van der Waals surface area contributed by atoms with Gasteiger partial charge in [-0.3, -0.25) is 9.36 Å². The Balaban J connectivity index is 4.10. The maximum Gasteiger partial charge on any atom is 0.306 e. The summed E-state index contributed by atoms with van der Waals surface area (Å²) in [5, 5.41) is 0. The Labute approximate surface area is 373 Å². The summed E-state index contributed by atoms with van der Waals surface area (Å²) in [4.78, 5) is 25.2. The molecule has 0 aliphatic rings. The number of rotatable bonds is 48. The lowest BCUT2D eigenvalue weighted by molar-refractivity contribution is -0.870. The molecule has 356 valence electrons. The van der Waals surface area contributed by atoms with Gasteiger partial charge < -0.3 is 27.9 Å². The molecule has 0 bridgehead atoms. The zero-order chi connectivity index (χ0) is 44.1. The van der Waals surface area contributed by atoms with Gasteiger partial charge in [0.15, 0.2) is 0 Å². The Morgan fingerprint density at radius 1 is 0.517 bits per heavy atom. The van der Waals surface area contributed by atoms with Gasteiger partial charge in [0.1, 0.15) is 19.3 Å². The average Bonchev–Trinajstić information content (AvgIpc) is 3.20. The summed E-state index contributed by atoms with van der Waals surface area (Å²) in [7, 11) is 1.37. The number of ether oxygens (including phenoxy) is 2. The molecule has 2 atom stereocenters. The Morgan fingerprint density at radius 3 is 1.35 bits per heavy atom. The first-order valence-electron chi connectivity index (χ1n) is 25.6. The van der Waals surface area contributed by atoms with Crippen molar-refractivity contribution in [3.05, 3.63) is 24.3 Å². The van der Waals surface area contributed by atoms with Crippen LogP contribution in [0.3, 0.4) is 0 Å². The molecule has 0 spiro atoms. The highest BCUT2D eigenvalue weighted by Crippen LogP contribution is 2.38. The zero-order valence-electron chi connectivity index (χ0n) is 40.4. The van der Waals surface area contributed by atoms with Crippen LogP contribution in [0.5, 0.6) is 0 Å². The van der Waals surface area contributed by atoms with Crippen LogP contribution in [0.2, 0.25) is 0 Å². The van der Waals surface area contributed by atoms with Crippen LogP contribution in [0.15, 0.2) is 24.3 Å². The van der Waals surface area contributed by atoms with Gasteiger partial charge in [-0.15, -0.1) is 0 Å². The maximum atomic E-state index is 12.7. The molecule has 0 aliphatic carbocycles. The highest BCUT2D eigenvalue weighted by molar-refractivity contribution is 7.45. The van der Waals surface area contributed by atoms with Crippen LogP contribution in [0.1, 0.15) is 239 Å². The molecule has 0 saturated heterocycles. The lowest BCUT2D eigenvalue weighted by Crippen LogP contribution is -2.37. The summed E-state index contributed by atoms with van der Waals surface area (Å²) in [5.74, 6) is -0.332. The van der Waals surface area contributed by atoms with Crippen LogP contribution < -0.4 is 4.89 Å². The van der Waals surface area contributed by atoms with Crippen molar-refractivity contribution >= 4 is 13.8 Å². The van der Waals surface area contributed by atoms with E-state index in [-0.39, 0.29) is 25.8 Å². The minimum atomic E-state index is -4.52. The molecule has 2 unspecified atom stereocenters. The van der Waals surface area contributed by atoms with Crippen LogP contribution in [0.4, 0.5) is 0 Å². The first kappa shape index (κ1) is 59.0. The molecule has 0 fully saturated rings. The highest BCUT2D eigenvalue weighted by atomic mass is 31.2. The number of carbonyl (C=O) groups is 1. The Bertz CT molecular complexity index is 1010. The molecule has 0 radical (unpaired) electrons. The van der Waals surface area contributed by atoms with E-state index in [2.05, 4.69) is 38.2 Å². The van der Waals surface area contributed by atoms with Crippen molar-refractivity contribution in [1.29, 1.82) is 0 Å². The van der Waals surface area contributed by atoms with Gasteiger partial charge in [0.2, 0.25) is 0 Å². The molecule has 0 heterocycles. The topological polar surface area (TPSA) is 94.1 Å². The number of quaternary nitrogens is 1. The molecule has 0 aromatic rings. The molecule has 60 heavy (non-hydrogen) atoms. The molecule has 0 amide bonds. The third-order valence-corrected chi connectivity index (χ3v) is 12.2. The molecule has 0 rings (SSSR count). The van der Waals surface area contributed by atoms with E-state index in [1.54, 1.807) is 0 Å². The highest BCUT2D eigenvalue weighted by Gasteiger charge is 2.20. The smallest absolute Gasteiger partial charge is 0.306 e. The van der Waals surface area contributed by atoms with Gasteiger partial charge in [0.05, 0.1) is 34.4 Å². The Morgan fingerprint density at radius 2 is 0.917 bits per heavy atom. The summed E-state index contributed by atoms with van der Waals surface area (Å²) >= 11 is 0. The van der Waals surface area contributed by atoms with E-state index in [1.165, 1.54) is 180 Å². The number of unbranched alkanes of at least 4 members (excludes halogenated alkanes) is 30. The van der Waals surface area contributed by atoms with Gasteiger partial charge in [0.25, 0.3) is 7.82 Å². The van der Waals surface area contributed by atoms with Gasteiger partial charge in [-0.05, 0) is 44.9 Å². The van der Waals surface area contributed by atoms with Crippen molar-refractivity contribution in [2.75, 3.05) is 54.1 Å². The van der Waals surface area contributed by atoms with Crippen molar-refractivity contribution in [3.63, 3.8) is 0 Å². The number of phosphoric ester groups is 1. The van der Waals surface area contributed by atoms with E-state index in [0.29, 0.717) is 24.1 Å². The number of esters is 1. The third-order valence-electron chi connectivity index (χ3n) is 11.3. The minimum absolute atomic E-state index is 0.0282. The van der Waals surface area contributed by atoms with E-state index in [1.807, 2.05) is 21.1 Å². The number of nitrogens with zero attached hydrogens (tertiary/aromatic N) is 1. The minimum Gasteiger partial charge on any atom is -0.756 e. The van der Waals surface area contributed by atoms with Crippen LogP contribution in [0.25, 0.3) is 0 Å². The van der Waals surface area contributed by atoms with Crippen molar-refractivity contribution < 1.29 is 37.3 Å². The zero-order valence-corrected chi connectivity index (χ0v) is 41.3. The average molecular weight is 870 g/mol. The molecule has 9 heteroatoms. The standard InChI is InChI=1S/C51H100NO7P/c1-6-8-10-12-14-16-18-20-22-23-24-25-26-27-28-29-30-32-34-36-38-40-42-44-51(53)59-50(49-58-60(54,55)57-47-45-52(3,4)5)48-56-46-43-41-39-37-35-33-31-21-19-17-15-13-11-9-7-2/h18,20,23-24,50H,6-17,19,21-22,25-49H2,1-5H3/b20-18-,24-23-. The number of hydrogen-bond acceptors (Lipinski definition) is 7. The number of phosphoric acid groups is 1. The molecule has 0 aliphatic heterocycles.